The highest BCUT2D eigenvalue weighted by atomic mass is 19.4. The number of benzene rings is 1. The summed E-state index contributed by atoms with van der Waals surface area (Å²) in [5, 5.41) is 11.2. The van der Waals surface area contributed by atoms with Crippen LogP contribution in [-0.4, -0.2) is 17.7 Å². The van der Waals surface area contributed by atoms with Gasteiger partial charge in [-0.1, -0.05) is 24.8 Å². The quantitative estimate of drug-likeness (QED) is 0.289. The highest BCUT2D eigenvalue weighted by Gasteiger charge is 2.27. The topological polar surface area (TPSA) is 52.4 Å². The number of hydrogen-bond acceptors (Lipinski definition) is 3. The van der Waals surface area contributed by atoms with E-state index in [9.17, 15) is 23.3 Å². The number of halogens is 3. The lowest BCUT2D eigenvalue weighted by Gasteiger charge is -2.13. The fraction of sp³-hybridized carbons (Fsp3) is 0.375. The Labute approximate surface area is 132 Å². The van der Waals surface area contributed by atoms with Crippen molar-refractivity contribution in [2.75, 3.05) is 6.61 Å². The zero-order valence-electron chi connectivity index (χ0n) is 12.7. The Bertz CT molecular complexity index is 595. The number of hydrogen-bond donors (Lipinski definition) is 0. The molecule has 4 nitrogen and oxygen atoms in total. The number of rotatable bonds is 8. The Morgan fingerprint density at radius 1 is 1.39 bits per heavy atom. The number of nitro groups is 1. The summed E-state index contributed by atoms with van der Waals surface area (Å²) in [6.07, 6.45) is -0.0972. The first-order chi connectivity index (χ1) is 10.8. The van der Waals surface area contributed by atoms with Crippen molar-refractivity contribution >= 4 is 11.8 Å². The second-order valence-electron chi connectivity index (χ2n) is 4.83. The number of nitrogens with zero attached hydrogens (tertiary/aromatic N) is 1. The summed E-state index contributed by atoms with van der Waals surface area (Å²) < 4.78 is 41.8. The van der Waals surface area contributed by atoms with E-state index in [-0.39, 0.29) is 24.5 Å². The number of allylic oxidation sites excluding steroid dienone is 2. The third-order valence-corrected chi connectivity index (χ3v) is 3.03. The first-order valence-corrected chi connectivity index (χ1v) is 7.03. The smallest absolute Gasteiger partial charge is 0.389 e. The normalized spacial score (nSPS) is 11.7. The molecule has 7 heteroatoms. The third-order valence-electron chi connectivity index (χ3n) is 3.03. The van der Waals surface area contributed by atoms with Crippen LogP contribution in [0.5, 0.6) is 5.75 Å². The molecule has 0 spiro atoms. The lowest BCUT2D eigenvalue weighted by Crippen LogP contribution is -2.11. The molecule has 0 aliphatic carbocycles. The molecule has 0 aliphatic heterocycles. The molecule has 0 amide bonds. The van der Waals surface area contributed by atoms with Crippen molar-refractivity contribution < 1.29 is 22.8 Å². The van der Waals surface area contributed by atoms with Crippen molar-refractivity contribution in [3.8, 4) is 5.75 Å². The SMILES string of the molecule is C=Cc1cc(C/C=C/C)c(OCCCC(F)(F)F)c([N+](=O)[O-])c1. The van der Waals surface area contributed by atoms with E-state index in [4.69, 9.17) is 4.74 Å². The molecule has 1 aromatic rings. The van der Waals surface area contributed by atoms with Gasteiger partial charge in [-0.3, -0.25) is 10.1 Å². The zero-order valence-corrected chi connectivity index (χ0v) is 12.7. The second-order valence-corrected chi connectivity index (χ2v) is 4.83. The van der Waals surface area contributed by atoms with Gasteiger partial charge in [0.2, 0.25) is 5.75 Å². The van der Waals surface area contributed by atoms with Crippen LogP contribution in [0.3, 0.4) is 0 Å². The van der Waals surface area contributed by atoms with Crippen LogP contribution in [-0.2, 0) is 6.42 Å². The number of alkyl halides is 3. The van der Waals surface area contributed by atoms with Crippen LogP contribution >= 0.6 is 0 Å². The van der Waals surface area contributed by atoms with E-state index in [1.165, 1.54) is 12.1 Å². The summed E-state index contributed by atoms with van der Waals surface area (Å²) in [7, 11) is 0. The number of ether oxygens (including phenoxy) is 1. The molecule has 0 aliphatic rings. The summed E-state index contributed by atoms with van der Waals surface area (Å²) in [5.74, 6) is 0.0147. The van der Waals surface area contributed by atoms with Crippen molar-refractivity contribution in [1.82, 2.24) is 0 Å². The minimum absolute atomic E-state index is 0.0147. The van der Waals surface area contributed by atoms with E-state index in [1.54, 1.807) is 25.1 Å². The molecular formula is C16H18F3NO3. The van der Waals surface area contributed by atoms with Gasteiger partial charge in [-0.25, -0.2) is 0 Å². The molecule has 0 heterocycles. The maximum absolute atomic E-state index is 12.1. The van der Waals surface area contributed by atoms with E-state index >= 15 is 0 Å². The van der Waals surface area contributed by atoms with Crippen molar-refractivity contribution in [2.45, 2.75) is 32.4 Å². The Morgan fingerprint density at radius 2 is 2.09 bits per heavy atom. The molecular weight excluding hydrogens is 311 g/mol. The molecule has 0 saturated carbocycles. The van der Waals surface area contributed by atoms with E-state index in [2.05, 4.69) is 6.58 Å². The van der Waals surface area contributed by atoms with Gasteiger partial charge in [-0.05, 0) is 31.4 Å². The molecule has 23 heavy (non-hydrogen) atoms. The van der Waals surface area contributed by atoms with Crippen molar-refractivity contribution in [2.24, 2.45) is 0 Å². The fourth-order valence-corrected chi connectivity index (χ4v) is 1.96. The largest absolute Gasteiger partial charge is 0.487 e. The summed E-state index contributed by atoms with van der Waals surface area (Å²) in [4.78, 5) is 10.6. The Morgan fingerprint density at radius 3 is 2.61 bits per heavy atom. The zero-order chi connectivity index (χ0) is 17.5. The van der Waals surface area contributed by atoms with Crippen molar-refractivity contribution in [3.63, 3.8) is 0 Å². The Hall–Kier alpha value is -2.31. The standard InChI is InChI=1S/C16H18F3NO3/c1-3-5-7-13-10-12(4-2)11-14(20(21)22)15(13)23-9-6-8-16(17,18)19/h3-5,10-11H,2,6-9H2,1H3/b5-3+. The van der Waals surface area contributed by atoms with Gasteiger partial charge in [0.25, 0.3) is 0 Å². The molecule has 0 radical (unpaired) electrons. The van der Waals surface area contributed by atoms with Gasteiger partial charge in [-0.2, -0.15) is 13.2 Å². The summed E-state index contributed by atoms with van der Waals surface area (Å²) >= 11 is 0. The predicted octanol–water partition coefficient (Wildman–Crippen LogP) is 5.08. The molecule has 0 N–H and O–H groups in total. The van der Waals surface area contributed by atoms with E-state index in [1.807, 2.05) is 0 Å². The second kappa shape index (κ2) is 8.36. The third kappa shape index (κ3) is 6.14. The molecule has 0 aromatic heterocycles. The van der Waals surface area contributed by atoms with E-state index in [0.717, 1.165) is 0 Å². The average molecular weight is 329 g/mol. The highest BCUT2D eigenvalue weighted by molar-refractivity contribution is 5.61. The van der Waals surface area contributed by atoms with Crippen LogP contribution < -0.4 is 4.74 Å². The molecule has 0 fully saturated rings. The fourth-order valence-electron chi connectivity index (χ4n) is 1.96. The van der Waals surface area contributed by atoms with Crippen LogP contribution in [0.4, 0.5) is 18.9 Å². The van der Waals surface area contributed by atoms with Crippen LogP contribution in [0, 0.1) is 10.1 Å². The average Bonchev–Trinajstić information content (AvgIpc) is 2.48. The number of nitro benzene ring substituents is 1. The summed E-state index contributed by atoms with van der Waals surface area (Å²) in [6.45, 7) is 5.14. The van der Waals surface area contributed by atoms with Crippen molar-refractivity contribution in [1.29, 1.82) is 0 Å². The molecule has 1 rings (SSSR count). The predicted molar refractivity (Wildman–Crippen MR) is 82.5 cm³/mol. The van der Waals surface area contributed by atoms with Crippen LogP contribution in [0.1, 0.15) is 30.9 Å². The highest BCUT2D eigenvalue weighted by Crippen LogP contribution is 2.34. The molecule has 0 saturated heterocycles. The molecule has 126 valence electrons. The maximum atomic E-state index is 12.1. The van der Waals surface area contributed by atoms with E-state index < -0.39 is 17.5 Å². The minimum atomic E-state index is -4.27. The molecule has 0 atom stereocenters. The van der Waals surface area contributed by atoms with Crippen molar-refractivity contribution in [3.05, 3.63) is 52.1 Å². The first kappa shape index (κ1) is 18.7. The van der Waals surface area contributed by atoms with Gasteiger partial charge in [-0.15, -0.1) is 0 Å². The van der Waals surface area contributed by atoms with Gasteiger partial charge in [0.15, 0.2) is 0 Å². The summed E-state index contributed by atoms with van der Waals surface area (Å²) in [6, 6.07) is 2.98. The van der Waals surface area contributed by atoms with Gasteiger partial charge in [0.05, 0.1) is 11.5 Å². The Balaban J connectivity index is 3.04. The van der Waals surface area contributed by atoms with E-state index in [0.29, 0.717) is 17.5 Å². The first-order valence-electron chi connectivity index (χ1n) is 7.03. The van der Waals surface area contributed by atoms with Gasteiger partial charge in [0, 0.05) is 18.1 Å². The van der Waals surface area contributed by atoms with Crippen LogP contribution in [0.15, 0.2) is 30.9 Å². The molecule has 0 bridgehead atoms. The lowest BCUT2D eigenvalue weighted by atomic mass is 10.0. The monoisotopic (exact) mass is 329 g/mol. The molecule has 1 aromatic carbocycles. The minimum Gasteiger partial charge on any atom is -0.487 e. The van der Waals surface area contributed by atoms with Crippen LogP contribution in [0.2, 0.25) is 0 Å². The van der Waals surface area contributed by atoms with Crippen LogP contribution in [0.25, 0.3) is 6.08 Å². The lowest BCUT2D eigenvalue weighted by molar-refractivity contribution is -0.386. The maximum Gasteiger partial charge on any atom is 0.389 e. The van der Waals surface area contributed by atoms with Gasteiger partial charge >= 0.3 is 11.9 Å². The Kier molecular flexibility index (Phi) is 6.81. The molecule has 0 unspecified atom stereocenters. The van der Waals surface area contributed by atoms with Gasteiger partial charge < -0.3 is 4.74 Å². The van der Waals surface area contributed by atoms with Gasteiger partial charge in [0.1, 0.15) is 0 Å². The summed E-state index contributed by atoms with van der Waals surface area (Å²) in [5.41, 5.74) is 0.826.